The van der Waals surface area contributed by atoms with Gasteiger partial charge in [-0.25, -0.2) is 4.39 Å². The van der Waals surface area contributed by atoms with Crippen molar-refractivity contribution < 1.29 is 37.9 Å². The summed E-state index contributed by atoms with van der Waals surface area (Å²) in [4.78, 5) is 13.1. The van der Waals surface area contributed by atoms with E-state index < -0.39 is 42.3 Å². The second-order valence-electron chi connectivity index (χ2n) is 10.3. The molecule has 2 aromatic rings. The molecule has 0 bridgehead atoms. The minimum Gasteiger partial charge on any atom is -0.460 e. The Morgan fingerprint density at radius 2 is 1.66 bits per heavy atom. The lowest BCUT2D eigenvalue weighted by Crippen LogP contribution is -2.56. The zero-order valence-corrected chi connectivity index (χ0v) is 21.8. The Labute approximate surface area is 220 Å². The van der Waals surface area contributed by atoms with Crippen molar-refractivity contribution in [2.24, 2.45) is 0 Å². The molecule has 0 radical (unpaired) electrons. The Balaban J connectivity index is 1.30. The van der Waals surface area contributed by atoms with E-state index in [1.54, 1.807) is 12.1 Å². The summed E-state index contributed by atoms with van der Waals surface area (Å²) in [7, 11) is 0. The maximum atomic E-state index is 13.6. The lowest BCUT2D eigenvalue weighted by atomic mass is 9.99. The molecule has 3 aliphatic rings. The van der Waals surface area contributed by atoms with Crippen LogP contribution in [-0.2, 0) is 30.2 Å². The van der Waals surface area contributed by atoms with Crippen LogP contribution in [0.5, 0.6) is 6.01 Å². The molecule has 0 aliphatic carbocycles. The lowest BCUT2D eigenvalue weighted by molar-refractivity contribution is -0.238. The average molecular weight is 536 g/mol. The van der Waals surface area contributed by atoms with Crippen LogP contribution in [0.25, 0.3) is 0 Å². The highest BCUT2D eigenvalue weighted by Gasteiger charge is 2.60. The molecule has 0 amide bonds. The quantitative estimate of drug-likeness (QED) is 0.385. The molecule has 3 saturated heterocycles. The summed E-state index contributed by atoms with van der Waals surface area (Å²) < 4.78 is 50.0. The second-order valence-corrected chi connectivity index (χ2v) is 10.3. The first-order chi connectivity index (χ1) is 18.1. The average Bonchev–Trinajstić information content (AvgIpc) is 3.35. The Hall–Kier alpha value is -2.68. The minimum atomic E-state index is -0.826. The number of hydrogen-bond acceptors (Lipinski definition) is 12. The Bertz CT molecular complexity index is 1120. The molecule has 0 spiro atoms. The van der Waals surface area contributed by atoms with Crippen molar-refractivity contribution in [3.05, 3.63) is 35.6 Å². The summed E-state index contributed by atoms with van der Waals surface area (Å²) >= 11 is 0. The lowest BCUT2D eigenvalue weighted by Gasteiger charge is -2.36. The van der Waals surface area contributed by atoms with Crippen molar-refractivity contribution in [3.8, 4) is 6.01 Å². The van der Waals surface area contributed by atoms with Crippen molar-refractivity contribution in [2.75, 3.05) is 30.4 Å². The molecule has 38 heavy (non-hydrogen) atoms. The molecule has 3 fully saturated rings. The molecule has 4 heterocycles. The fourth-order valence-corrected chi connectivity index (χ4v) is 4.67. The smallest absolute Gasteiger partial charge is 0.323 e. The molecule has 13 heteroatoms. The van der Waals surface area contributed by atoms with Crippen LogP contribution >= 0.6 is 0 Å². The van der Waals surface area contributed by atoms with E-state index in [0.717, 1.165) is 5.56 Å². The van der Waals surface area contributed by atoms with Crippen LogP contribution in [0.2, 0.25) is 0 Å². The van der Waals surface area contributed by atoms with Gasteiger partial charge in [0.05, 0.1) is 0 Å². The number of aliphatic hydroxyl groups excluding tert-OH is 1. The van der Waals surface area contributed by atoms with Gasteiger partial charge < -0.3 is 44.2 Å². The summed E-state index contributed by atoms with van der Waals surface area (Å²) in [6, 6.07) is 6.29. The molecule has 1 aromatic heterocycles. The number of nitrogens with zero attached hydrogens (tertiary/aromatic N) is 3. The van der Waals surface area contributed by atoms with Gasteiger partial charge in [0.15, 0.2) is 17.9 Å². The van der Waals surface area contributed by atoms with E-state index in [1.165, 1.54) is 12.1 Å². The Morgan fingerprint density at radius 3 is 2.42 bits per heavy atom. The Morgan fingerprint density at radius 1 is 0.947 bits per heavy atom. The van der Waals surface area contributed by atoms with Gasteiger partial charge in [-0.05, 0) is 51.8 Å². The number of halogens is 1. The SMILES string of the molecule is CC1(C)O[C@H]2[C@@H](O1)[C@@H](COc1nc(NCCCO)nc(NCc3cccc(F)c3)n1)O[C@@H]1OC(C)(C)O[C@@H]12. The number of aromatic nitrogens is 3. The predicted octanol–water partition coefficient (Wildman–Crippen LogP) is 2.19. The van der Waals surface area contributed by atoms with Crippen LogP contribution in [0.4, 0.5) is 16.3 Å². The number of fused-ring (bicyclic) bond motifs is 3. The third kappa shape index (κ3) is 6.30. The van der Waals surface area contributed by atoms with E-state index in [1.807, 2.05) is 27.7 Å². The van der Waals surface area contributed by atoms with Crippen LogP contribution in [-0.4, -0.2) is 82.1 Å². The molecule has 3 aliphatic heterocycles. The maximum absolute atomic E-state index is 13.6. The zero-order chi connectivity index (χ0) is 26.9. The molecule has 208 valence electrons. The van der Waals surface area contributed by atoms with Crippen molar-refractivity contribution in [3.63, 3.8) is 0 Å². The molecule has 3 N–H and O–H groups in total. The van der Waals surface area contributed by atoms with Gasteiger partial charge in [0.1, 0.15) is 36.8 Å². The molecule has 1 aromatic carbocycles. The monoisotopic (exact) mass is 535 g/mol. The van der Waals surface area contributed by atoms with Gasteiger partial charge >= 0.3 is 6.01 Å². The summed E-state index contributed by atoms with van der Waals surface area (Å²) in [5.74, 6) is -1.47. The van der Waals surface area contributed by atoms with Crippen LogP contribution < -0.4 is 15.4 Å². The van der Waals surface area contributed by atoms with Gasteiger partial charge in [0, 0.05) is 19.7 Å². The Kier molecular flexibility index (Phi) is 7.67. The van der Waals surface area contributed by atoms with Crippen LogP contribution in [0.15, 0.2) is 24.3 Å². The molecule has 5 atom stereocenters. The van der Waals surface area contributed by atoms with Gasteiger partial charge in [0.2, 0.25) is 11.9 Å². The van der Waals surface area contributed by atoms with Crippen LogP contribution in [0.3, 0.4) is 0 Å². The highest BCUT2D eigenvalue weighted by molar-refractivity contribution is 5.36. The summed E-state index contributed by atoms with van der Waals surface area (Å²) in [5, 5.41) is 15.2. The van der Waals surface area contributed by atoms with Gasteiger partial charge in [-0.3, -0.25) is 0 Å². The number of anilines is 2. The second kappa shape index (κ2) is 10.8. The van der Waals surface area contributed by atoms with E-state index in [-0.39, 0.29) is 36.9 Å². The van der Waals surface area contributed by atoms with Gasteiger partial charge in [0.25, 0.3) is 0 Å². The molecule has 0 saturated carbocycles. The standard InChI is InChI=1S/C25H34FN5O7/c1-24(2)35-17-16(34-20-19(18(17)36-24)37-25(3,4)38-20)13-33-23-30-21(27-9-6-10-32)29-22(31-23)28-12-14-7-5-8-15(26)11-14/h5,7-8,11,16-20,32H,6,9-10,12-13H2,1-4H3,(H2,27,28,29,30,31)/t16-,17+,18+,19-,20-/m1/s1. The first kappa shape index (κ1) is 26.9. The van der Waals surface area contributed by atoms with E-state index in [9.17, 15) is 4.39 Å². The molecule has 0 unspecified atom stereocenters. The summed E-state index contributed by atoms with van der Waals surface area (Å²) in [6.45, 7) is 8.15. The van der Waals surface area contributed by atoms with Crippen LogP contribution in [0, 0.1) is 5.82 Å². The van der Waals surface area contributed by atoms with E-state index in [2.05, 4.69) is 25.6 Å². The molecule has 5 rings (SSSR count). The van der Waals surface area contributed by atoms with E-state index >= 15 is 0 Å². The third-order valence-corrected chi connectivity index (χ3v) is 6.20. The highest BCUT2D eigenvalue weighted by atomic mass is 19.1. The highest BCUT2D eigenvalue weighted by Crippen LogP contribution is 2.44. The van der Waals surface area contributed by atoms with Crippen molar-refractivity contribution in [1.29, 1.82) is 0 Å². The predicted molar refractivity (Wildman–Crippen MR) is 132 cm³/mol. The topological polar surface area (TPSA) is 138 Å². The minimum absolute atomic E-state index is 0.0247. The number of aliphatic hydroxyl groups is 1. The number of ether oxygens (including phenoxy) is 6. The number of benzene rings is 1. The largest absolute Gasteiger partial charge is 0.460 e. The van der Waals surface area contributed by atoms with Crippen molar-refractivity contribution >= 4 is 11.9 Å². The normalized spacial score (nSPS) is 28.9. The molecule has 12 nitrogen and oxygen atoms in total. The number of hydrogen-bond donors (Lipinski definition) is 3. The number of nitrogens with one attached hydrogen (secondary N) is 2. The van der Waals surface area contributed by atoms with Gasteiger partial charge in [-0.2, -0.15) is 15.0 Å². The summed E-state index contributed by atoms with van der Waals surface area (Å²) in [6.07, 6.45) is -1.98. The fraction of sp³-hybridized carbons (Fsp3) is 0.640. The van der Waals surface area contributed by atoms with E-state index in [4.69, 9.17) is 33.5 Å². The maximum Gasteiger partial charge on any atom is 0.323 e. The molecular weight excluding hydrogens is 501 g/mol. The van der Waals surface area contributed by atoms with E-state index in [0.29, 0.717) is 19.5 Å². The van der Waals surface area contributed by atoms with Crippen molar-refractivity contribution in [1.82, 2.24) is 15.0 Å². The first-order valence-electron chi connectivity index (χ1n) is 12.7. The van der Waals surface area contributed by atoms with Crippen molar-refractivity contribution in [2.45, 2.75) is 82.9 Å². The van der Waals surface area contributed by atoms with Gasteiger partial charge in [-0.1, -0.05) is 12.1 Å². The number of rotatable bonds is 10. The zero-order valence-electron chi connectivity index (χ0n) is 21.8. The van der Waals surface area contributed by atoms with Crippen LogP contribution in [0.1, 0.15) is 39.7 Å². The van der Waals surface area contributed by atoms with Gasteiger partial charge in [-0.15, -0.1) is 0 Å². The molecular formula is C25H34FN5O7. The first-order valence-corrected chi connectivity index (χ1v) is 12.7. The summed E-state index contributed by atoms with van der Waals surface area (Å²) in [5.41, 5.74) is 0.724. The fourth-order valence-electron chi connectivity index (χ4n) is 4.67. The third-order valence-electron chi connectivity index (χ3n) is 6.20.